The predicted octanol–water partition coefficient (Wildman–Crippen LogP) is 2.16. The van der Waals surface area contributed by atoms with Crippen molar-refractivity contribution in [3.05, 3.63) is 10.2 Å². The summed E-state index contributed by atoms with van der Waals surface area (Å²) < 4.78 is 1.05. The lowest BCUT2D eigenvalue weighted by molar-refractivity contribution is -0.108. The maximum absolute atomic E-state index is 9.88. The molecule has 1 nitrogen and oxygen atoms in total. The molecule has 1 atom stereocenters. The largest absolute Gasteiger partial charge is 0.303 e. The van der Waals surface area contributed by atoms with Crippen LogP contribution in [0.25, 0.3) is 0 Å². The number of hydrogen-bond acceptors (Lipinski definition) is 1. The summed E-state index contributed by atoms with van der Waals surface area (Å²) in [7, 11) is 0. The van der Waals surface area contributed by atoms with Crippen molar-refractivity contribution in [1.82, 2.24) is 0 Å². The fraction of sp³-hybridized carbons (Fsp3) is 0.500. The molecule has 0 radical (unpaired) electrons. The Morgan fingerprint density at radius 2 is 2.50 bits per heavy atom. The average molecular weight is 224 g/mol. The first-order chi connectivity index (χ1) is 3.68. The molecule has 0 aromatic heterocycles. The lowest BCUT2D eigenvalue weighted by Crippen LogP contribution is -1.92. The van der Waals surface area contributed by atoms with Crippen molar-refractivity contribution < 1.29 is 4.79 Å². The zero-order chi connectivity index (χ0) is 6.57. The van der Waals surface area contributed by atoms with Crippen molar-refractivity contribution in [3.63, 3.8) is 0 Å². The Bertz CT molecular complexity index is 98.7. The molecular formula is C6H9IO. The van der Waals surface area contributed by atoms with E-state index in [1.165, 1.54) is 0 Å². The van der Waals surface area contributed by atoms with Gasteiger partial charge in [0, 0.05) is 6.42 Å². The number of aldehydes is 1. The normalized spacial score (nSPS) is 12.8. The molecule has 0 bridgehead atoms. The molecule has 0 heterocycles. The molecule has 0 saturated heterocycles. The van der Waals surface area contributed by atoms with Gasteiger partial charge in [-0.25, -0.2) is 0 Å². The van der Waals surface area contributed by atoms with Gasteiger partial charge in [0.25, 0.3) is 0 Å². The molecule has 0 aliphatic carbocycles. The van der Waals surface area contributed by atoms with Crippen LogP contribution >= 0.6 is 22.6 Å². The molecule has 0 aromatic rings. The Morgan fingerprint density at radius 3 is 2.62 bits per heavy atom. The summed E-state index contributed by atoms with van der Waals surface area (Å²) in [6, 6.07) is 0. The van der Waals surface area contributed by atoms with Gasteiger partial charge in [0.1, 0.15) is 6.29 Å². The van der Waals surface area contributed by atoms with Gasteiger partial charge in [0.2, 0.25) is 0 Å². The van der Waals surface area contributed by atoms with Gasteiger partial charge in [-0.3, -0.25) is 0 Å². The van der Waals surface area contributed by atoms with Crippen molar-refractivity contribution in [2.75, 3.05) is 0 Å². The minimum atomic E-state index is 0.341. The maximum atomic E-state index is 9.88. The zero-order valence-electron chi connectivity index (χ0n) is 4.86. The van der Waals surface area contributed by atoms with E-state index in [4.69, 9.17) is 0 Å². The molecule has 8 heavy (non-hydrogen) atoms. The quantitative estimate of drug-likeness (QED) is 0.530. The molecule has 0 fully saturated rings. The van der Waals surface area contributed by atoms with Crippen LogP contribution in [-0.2, 0) is 4.79 Å². The molecular weight excluding hydrogens is 215 g/mol. The summed E-state index contributed by atoms with van der Waals surface area (Å²) in [5.74, 6) is 0.341. The minimum absolute atomic E-state index is 0.341. The van der Waals surface area contributed by atoms with Crippen LogP contribution in [0.2, 0.25) is 0 Å². The number of hydrogen-bond donors (Lipinski definition) is 0. The van der Waals surface area contributed by atoms with Gasteiger partial charge in [-0.1, -0.05) is 13.5 Å². The first-order valence-electron chi connectivity index (χ1n) is 2.46. The molecule has 0 N–H and O–H groups in total. The van der Waals surface area contributed by atoms with Crippen molar-refractivity contribution in [2.24, 2.45) is 5.92 Å². The first-order valence-corrected chi connectivity index (χ1v) is 3.54. The molecule has 0 aliphatic rings. The Morgan fingerprint density at radius 1 is 2.00 bits per heavy atom. The summed E-state index contributed by atoms with van der Waals surface area (Å²) in [5, 5.41) is 0. The van der Waals surface area contributed by atoms with Crippen LogP contribution in [0.3, 0.4) is 0 Å². The third-order valence-corrected chi connectivity index (χ3v) is 2.05. The molecule has 0 saturated carbocycles. The van der Waals surface area contributed by atoms with Crippen molar-refractivity contribution in [1.29, 1.82) is 0 Å². The van der Waals surface area contributed by atoms with Crippen LogP contribution in [0, 0.1) is 5.92 Å². The van der Waals surface area contributed by atoms with Crippen LogP contribution in [-0.4, -0.2) is 6.29 Å². The summed E-state index contributed by atoms with van der Waals surface area (Å²) >= 11 is 2.14. The molecule has 0 spiro atoms. The molecule has 0 unspecified atom stereocenters. The first kappa shape index (κ1) is 8.14. The van der Waals surface area contributed by atoms with E-state index in [1.807, 2.05) is 6.92 Å². The second kappa shape index (κ2) is 4.06. The third kappa shape index (κ3) is 3.18. The van der Waals surface area contributed by atoms with Gasteiger partial charge in [-0.15, -0.1) is 0 Å². The van der Waals surface area contributed by atoms with Gasteiger partial charge >= 0.3 is 0 Å². The second-order valence-corrected chi connectivity index (χ2v) is 3.14. The molecule has 2 heteroatoms. The highest BCUT2D eigenvalue weighted by Gasteiger charge is 1.99. The smallest absolute Gasteiger partial charge is 0.120 e. The fourth-order valence-corrected chi connectivity index (χ4v) is 0.526. The highest BCUT2D eigenvalue weighted by Crippen LogP contribution is 2.16. The van der Waals surface area contributed by atoms with E-state index in [1.54, 1.807) is 0 Å². The van der Waals surface area contributed by atoms with E-state index >= 15 is 0 Å². The molecule has 0 aliphatic heterocycles. The molecule has 0 amide bonds. The van der Waals surface area contributed by atoms with Gasteiger partial charge in [-0.05, 0) is 32.1 Å². The SMILES string of the molecule is C=C(I)[C@H](C)CC=O. The summed E-state index contributed by atoms with van der Waals surface area (Å²) in [5.41, 5.74) is 0. The van der Waals surface area contributed by atoms with Gasteiger partial charge in [0.05, 0.1) is 0 Å². The summed E-state index contributed by atoms with van der Waals surface area (Å²) in [4.78, 5) is 9.88. The van der Waals surface area contributed by atoms with E-state index < -0.39 is 0 Å². The molecule has 46 valence electrons. The molecule has 0 aromatic carbocycles. The lowest BCUT2D eigenvalue weighted by atomic mass is 10.1. The summed E-state index contributed by atoms with van der Waals surface area (Å²) in [6.45, 7) is 5.69. The van der Waals surface area contributed by atoms with Gasteiger partial charge in [-0.2, -0.15) is 0 Å². The molecule has 0 rings (SSSR count). The van der Waals surface area contributed by atoms with Gasteiger partial charge in [0.15, 0.2) is 0 Å². The van der Waals surface area contributed by atoms with Crippen LogP contribution in [0.15, 0.2) is 10.2 Å². The van der Waals surface area contributed by atoms with E-state index in [2.05, 4.69) is 29.2 Å². The average Bonchev–Trinajstić information content (AvgIpc) is 1.67. The van der Waals surface area contributed by atoms with Crippen molar-refractivity contribution >= 4 is 28.9 Å². The zero-order valence-corrected chi connectivity index (χ0v) is 7.01. The van der Waals surface area contributed by atoms with Crippen LogP contribution in [0.5, 0.6) is 0 Å². The summed E-state index contributed by atoms with van der Waals surface area (Å²) in [6.07, 6.45) is 1.52. The number of rotatable bonds is 3. The Labute approximate surface area is 63.3 Å². The van der Waals surface area contributed by atoms with E-state index in [0.29, 0.717) is 12.3 Å². The predicted molar refractivity (Wildman–Crippen MR) is 43.0 cm³/mol. The van der Waals surface area contributed by atoms with Gasteiger partial charge < -0.3 is 4.79 Å². The standard InChI is InChI=1S/C6H9IO/c1-5(3-4-8)6(2)7/h4-5H,2-3H2,1H3/t5-/m1/s1. The number of halogens is 1. The fourth-order valence-electron chi connectivity index (χ4n) is 0.272. The third-order valence-electron chi connectivity index (χ3n) is 0.985. The highest BCUT2D eigenvalue weighted by atomic mass is 127. The van der Waals surface area contributed by atoms with Crippen molar-refractivity contribution in [2.45, 2.75) is 13.3 Å². The number of carbonyl (C=O) groups is 1. The Balaban J connectivity index is 3.46. The Kier molecular flexibility index (Phi) is 4.13. The van der Waals surface area contributed by atoms with Crippen LogP contribution in [0.1, 0.15) is 13.3 Å². The highest BCUT2D eigenvalue weighted by molar-refractivity contribution is 14.1. The van der Waals surface area contributed by atoms with Crippen molar-refractivity contribution in [3.8, 4) is 0 Å². The van der Waals surface area contributed by atoms with Crippen LogP contribution < -0.4 is 0 Å². The number of allylic oxidation sites excluding steroid dienone is 1. The lowest BCUT2D eigenvalue weighted by Gasteiger charge is -2.01. The second-order valence-electron chi connectivity index (χ2n) is 1.75. The number of carbonyl (C=O) groups excluding carboxylic acids is 1. The minimum Gasteiger partial charge on any atom is -0.303 e. The van der Waals surface area contributed by atoms with E-state index in [0.717, 1.165) is 9.87 Å². The van der Waals surface area contributed by atoms with E-state index in [9.17, 15) is 4.79 Å². The Hall–Kier alpha value is 0.140. The topological polar surface area (TPSA) is 17.1 Å². The van der Waals surface area contributed by atoms with Crippen LogP contribution in [0.4, 0.5) is 0 Å². The monoisotopic (exact) mass is 224 g/mol. The maximum Gasteiger partial charge on any atom is 0.120 e. The van der Waals surface area contributed by atoms with E-state index in [-0.39, 0.29) is 0 Å².